The van der Waals surface area contributed by atoms with Crippen molar-refractivity contribution in [1.82, 2.24) is 15.6 Å². The molecule has 174 valence electrons. The Hall–Kier alpha value is -2.97. The highest BCUT2D eigenvalue weighted by atomic mass is 16.6. The van der Waals surface area contributed by atoms with Gasteiger partial charge in [-0.15, -0.1) is 0 Å². The second-order valence-electron chi connectivity index (χ2n) is 7.27. The van der Waals surface area contributed by atoms with Gasteiger partial charge in [-0.1, -0.05) is 19.1 Å². The lowest BCUT2D eigenvalue weighted by atomic mass is 10.2. The summed E-state index contributed by atoms with van der Waals surface area (Å²) in [5.41, 5.74) is 2.80. The smallest absolute Gasteiger partial charge is 0.413 e. The number of nitrogens with zero attached hydrogens (tertiary/aromatic N) is 2. The molecule has 0 aliphatic heterocycles. The van der Waals surface area contributed by atoms with E-state index in [4.69, 9.17) is 9.47 Å². The summed E-state index contributed by atoms with van der Waals surface area (Å²) in [6, 6.07) is 10.6. The van der Waals surface area contributed by atoms with Crippen molar-refractivity contribution in [3.05, 3.63) is 59.4 Å². The molecular formula is C24H34N4O4. The summed E-state index contributed by atoms with van der Waals surface area (Å²) >= 11 is 0. The van der Waals surface area contributed by atoms with Gasteiger partial charge < -0.3 is 20.1 Å². The molecule has 1 heterocycles. The number of carbonyl (C=O) groups excluding carboxylic acids is 2. The highest BCUT2D eigenvalue weighted by molar-refractivity contribution is 5.89. The summed E-state index contributed by atoms with van der Waals surface area (Å²) in [6.07, 6.45) is 3.42. The van der Waals surface area contributed by atoms with Crippen LogP contribution in [0, 0.1) is 0 Å². The number of anilines is 1. The third-order valence-corrected chi connectivity index (χ3v) is 4.80. The van der Waals surface area contributed by atoms with Crippen LogP contribution < -0.4 is 15.5 Å². The van der Waals surface area contributed by atoms with Crippen LogP contribution in [0.15, 0.2) is 42.6 Å². The molecule has 0 radical (unpaired) electrons. The molecule has 2 aromatic rings. The molecule has 0 bridgehead atoms. The minimum Gasteiger partial charge on any atom is -0.457 e. The number of aromatic nitrogens is 1. The molecule has 1 amide bonds. The van der Waals surface area contributed by atoms with Crippen LogP contribution in [0.5, 0.6) is 0 Å². The molecule has 2 N–H and O–H groups in total. The van der Waals surface area contributed by atoms with E-state index in [9.17, 15) is 9.59 Å². The lowest BCUT2D eigenvalue weighted by molar-refractivity contribution is 0.0472. The Morgan fingerprint density at radius 3 is 2.41 bits per heavy atom. The number of rotatable bonds is 13. The Morgan fingerprint density at radius 2 is 1.72 bits per heavy atom. The minimum atomic E-state index is -0.414. The van der Waals surface area contributed by atoms with Crippen LogP contribution in [0.25, 0.3) is 0 Å². The van der Waals surface area contributed by atoms with Crippen molar-refractivity contribution >= 4 is 17.7 Å². The molecule has 8 nitrogen and oxygen atoms in total. The van der Waals surface area contributed by atoms with Gasteiger partial charge in [0.1, 0.15) is 6.61 Å². The Labute approximate surface area is 190 Å². The third kappa shape index (κ3) is 8.64. The molecule has 0 fully saturated rings. The van der Waals surface area contributed by atoms with E-state index in [0.29, 0.717) is 24.4 Å². The van der Waals surface area contributed by atoms with E-state index in [-0.39, 0.29) is 6.61 Å². The number of esters is 1. The van der Waals surface area contributed by atoms with E-state index >= 15 is 0 Å². The summed E-state index contributed by atoms with van der Waals surface area (Å²) in [5, 5.41) is 6.66. The molecular weight excluding hydrogens is 408 g/mol. The predicted octanol–water partition coefficient (Wildman–Crippen LogP) is 3.51. The molecule has 0 saturated carbocycles. The second kappa shape index (κ2) is 14.2. The van der Waals surface area contributed by atoms with Crippen LogP contribution in [-0.2, 0) is 22.6 Å². The number of nitrogens with one attached hydrogen (secondary N) is 2. The lowest BCUT2D eigenvalue weighted by Crippen LogP contribution is -2.26. The molecule has 2 rings (SSSR count). The average Bonchev–Trinajstić information content (AvgIpc) is 2.82. The maximum Gasteiger partial charge on any atom is 0.413 e. The van der Waals surface area contributed by atoms with Crippen molar-refractivity contribution in [2.75, 3.05) is 38.2 Å². The molecule has 0 unspecified atom stereocenters. The average molecular weight is 443 g/mol. The minimum absolute atomic E-state index is 0.143. The lowest BCUT2D eigenvalue weighted by Gasteiger charge is -2.16. The molecule has 0 saturated heterocycles. The van der Waals surface area contributed by atoms with Gasteiger partial charge in [0.2, 0.25) is 0 Å². The Kier molecular flexibility index (Phi) is 11.2. The quantitative estimate of drug-likeness (QED) is 0.362. The Balaban J connectivity index is 1.79. The molecule has 0 atom stereocenters. The fraction of sp³-hybridized carbons (Fsp3) is 0.458. The number of hydrogen-bond donors (Lipinski definition) is 2. The molecule has 0 aliphatic carbocycles. The fourth-order valence-corrected chi connectivity index (χ4v) is 2.97. The number of unbranched alkanes of at least 4 members (excludes halogenated alkanes) is 1. The highest BCUT2D eigenvalue weighted by Crippen LogP contribution is 2.16. The van der Waals surface area contributed by atoms with E-state index in [1.165, 1.54) is 4.90 Å². The SMILES string of the molecule is CCNCCCCNCc1cc(C(=O)OCc2ccc(N(C)C(=O)OCC)cc2)ccn1. The number of ether oxygens (including phenoxy) is 2. The van der Waals surface area contributed by atoms with E-state index in [0.717, 1.165) is 43.7 Å². The van der Waals surface area contributed by atoms with Crippen molar-refractivity contribution in [1.29, 1.82) is 0 Å². The summed E-state index contributed by atoms with van der Waals surface area (Å²) in [7, 11) is 1.65. The van der Waals surface area contributed by atoms with E-state index in [1.807, 2.05) is 12.1 Å². The topological polar surface area (TPSA) is 92.8 Å². The second-order valence-corrected chi connectivity index (χ2v) is 7.27. The van der Waals surface area contributed by atoms with E-state index in [2.05, 4.69) is 22.5 Å². The van der Waals surface area contributed by atoms with Gasteiger partial charge in [0, 0.05) is 25.5 Å². The van der Waals surface area contributed by atoms with Crippen molar-refractivity contribution < 1.29 is 19.1 Å². The molecule has 1 aromatic heterocycles. The number of carbonyl (C=O) groups is 2. The van der Waals surface area contributed by atoms with Crippen LogP contribution in [-0.4, -0.2) is 50.3 Å². The maximum atomic E-state index is 12.4. The molecule has 0 aliphatic rings. The molecule has 32 heavy (non-hydrogen) atoms. The van der Waals surface area contributed by atoms with Crippen molar-refractivity contribution in [2.45, 2.75) is 39.8 Å². The Morgan fingerprint density at radius 1 is 1.00 bits per heavy atom. The molecule has 8 heteroatoms. The van der Waals surface area contributed by atoms with Gasteiger partial charge in [-0.3, -0.25) is 9.88 Å². The third-order valence-electron chi connectivity index (χ3n) is 4.80. The summed E-state index contributed by atoms with van der Waals surface area (Å²) in [5.74, 6) is -0.396. The van der Waals surface area contributed by atoms with Gasteiger partial charge in [0.15, 0.2) is 0 Å². The van der Waals surface area contributed by atoms with E-state index in [1.54, 1.807) is 44.4 Å². The van der Waals surface area contributed by atoms with Gasteiger partial charge in [0.05, 0.1) is 17.9 Å². The summed E-state index contributed by atoms with van der Waals surface area (Å²) in [4.78, 5) is 30.0. The van der Waals surface area contributed by atoms with Crippen molar-refractivity contribution in [2.24, 2.45) is 0 Å². The zero-order valence-corrected chi connectivity index (χ0v) is 19.2. The van der Waals surface area contributed by atoms with Gasteiger partial charge >= 0.3 is 12.1 Å². The standard InChI is InChI=1S/C24H34N4O4/c1-4-25-13-6-7-14-26-17-21-16-20(12-15-27-21)23(29)32-18-19-8-10-22(11-9-19)28(3)24(30)31-5-2/h8-12,15-16,25-26H,4-7,13-14,17-18H2,1-3H3. The normalized spacial score (nSPS) is 10.6. The Bertz CT molecular complexity index is 842. The monoisotopic (exact) mass is 442 g/mol. The van der Waals surface area contributed by atoms with Gasteiger partial charge in [0.25, 0.3) is 0 Å². The van der Waals surface area contributed by atoms with Crippen LogP contribution in [0.1, 0.15) is 48.3 Å². The van der Waals surface area contributed by atoms with Gasteiger partial charge in [-0.2, -0.15) is 0 Å². The number of benzene rings is 1. The van der Waals surface area contributed by atoms with Crippen LogP contribution in [0.3, 0.4) is 0 Å². The number of amides is 1. The highest BCUT2D eigenvalue weighted by Gasteiger charge is 2.12. The molecule has 1 aromatic carbocycles. The first-order valence-corrected chi connectivity index (χ1v) is 11.1. The molecule has 0 spiro atoms. The first-order chi connectivity index (χ1) is 15.5. The summed E-state index contributed by atoms with van der Waals surface area (Å²) < 4.78 is 10.4. The van der Waals surface area contributed by atoms with Crippen LogP contribution >= 0.6 is 0 Å². The summed E-state index contributed by atoms with van der Waals surface area (Å²) in [6.45, 7) is 7.87. The number of hydrogen-bond acceptors (Lipinski definition) is 7. The van der Waals surface area contributed by atoms with Crippen molar-refractivity contribution in [3.63, 3.8) is 0 Å². The predicted molar refractivity (Wildman–Crippen MR) is 125 cm³/mol. The zero-order valence-electron chi connectivity index (χ0n) is 19.2. The van der Waals surface area contributed by atoms with Crippen molar-refractivity contribution in [3.8, 4) is 0 Å². The maximum absolute atomic E-state index is 12.4. The van der Waals surface area contributed by atoms with Gasteiger partial charge in [-0.05, 0) is 69.2 Å². The number of pyridine rings is 1. The first-order valence-electron chi connectivity index (χ1n) is 11.1. The largest absolute Gasteiger partial charge is 0.457 e. The van der Waals surface area contributed by atoms with E-state index < -0.39 is 12.1 Å². The fourth-order valence-electron chi connectivity index (χ4n) is 2.97. The van der Waals surface area contributed by atoms with Crippen LogP contribution in [0.4, 0.5) is 10.5 Å². The first kappa shape index (κ1) is 25.3. The van der Waals surface area contributed by atoms with Gasteiger partial charge in [-0.25, -0.2) is 9.59 Å². The van der Waals surface area contributed by atoms with Crippen LogP contribution in [0.2, 0.25) is 0 Å². The zero-order chi connectivity index (χ0) is 23.2.